The molecule has 0 heterocycles. The van der Waals surface area contributed by atoms with Crippen LogP contribution in [0.4, 0.5) is 0 Å². The highest BCUT2D eigenvalue weighted by atomic mass is 16.3. The van der Waals surface area contributed by atoms with E-state index in [1.807, 2.05) is 0 Å². The van der Waals surface area contributed by atoms with E-state index in [4.69, 9.17) is 10.2 Å². The molecule has 2 nitrogen and oxygen atoms in total. The van der Waals surface area contributed by atoms with Gasteiger partial charge in [-0.25, -0.2) is 0 Å². The first-order valence-corrected chi connectivity index (χ1v) is 2.90. The molecule has 0 spiro atoms. The molecule has 0 aromatic rings. The van der Waals surface area contributed by atoms with E-state index in [0.29, 0.717) is 6.42 Å². The Morgan fingerprint density at radius 1 is 1.67 bits per heavy atom. The van der Waals surface area contributed by atoms with Gasteiger partial charge in [-0.15, -0.1) is 0 Å². The molecule has 0 aliphatic heterocycles. The molecule has 0 aliphatic rings. The Labute approximate surface area is 55.8 Å². The van der Waals surface area contributed by atoms with Crippen molar-refractivity contribution in [2.75, 3.05) is 6.61 Å². The summed E-state index contributed by atoms with van der Waals surface area (Å²) < 4.78 is 0. The molecule has 2 heteroatoms. The molecule has 0 fully saturated rings. The Morgan fingerprint density at radius 2 is 2.22 bits per heavy atom. The van der Waals surface area contributed by atoms with Crippen LogP contribution in [0.5, 0.6) is 0 Å². The van der Waals surface area contributed by atoms with Crippen molar-refractivity contribution in [3.05, 3.63) is 19.1 Å². The summed E-state index contributed by atoms with van der Waals surface area (Å²) in [5.74, 6) is 0. The molecule has 1 atom stereocenters. The average molecular weight is 129 g/mol. The Bertz CT molecular complexity index is 95.1. The van der Waals surface area contributed by atoms with Gasteiger partial charge in [-0.05, 0) is 20.3 Å². The minimum atomic E-state index is -0.978. The molecule has 0 aromatic heterocycles. The molecule has 2 N–H and O–H groups in total. The van der Waals surface area contributed by atoms with E-state index in [1.165, 1.54) is 0 Å². The van der Waals surface area contributed by atoms with E-state index < -0.39 is 5.60 Å². The summed E-state index contributed by atoms with van der Waals surface area (Å²) in [4.78, 5) is 0. The van der Waals surface area contributed by atoms with Crippen molar-refractivity contribution in [2.45, 2.75) is 18.9 Å². The summed E-state index contributed by atoms with van der Waals surface area (Å²) in [6, 6.07) is 0. The van der Waals surface area contributed by atoms with Crippen LogP contribution >= 0.6 is 0 Å². The summed E-state index contributed by atoms with van der Waals surface area (Å²) in [7, 11) is 0. The average Bonchev–Trinajstić information content (AvgIpc) is 1.84. The van der Waals surface area contributed by atoms with Gasteiger partial charge in [-0.1, -0.05) is 12.2 Å². The van der Waals surface area contributed by atoms with Crippen LogP contribution in [0.1, 0.15) is 13.3 Å². The highest BCUT2D eigenvalue weighted by Gasteiger charge is 2.15. The molecule has 0 rings (SSSR count). The molecule has 53 valence electrons. The molecule has 1 unspecified atom stereocenters. The molecule has 9 heavy (non-hydrogen) atoms. The maximum atomic E-state index is 9.13. The third kappa shape index (κ3) is 4.18. The van der Waals surface area contributed by atoms with Crippen LogP contribution in [0.15, 0.2) is 12.2 Å². The predicted molar refractivity (Wildman–Crippen MR) is 36.8 cm³/mol. The van der Waals surface area contributed by atoms with Gasteiger partial charge in [0.05, 0.1) is 12.2 Å². The third-order valence-electron chi connectivity index (χ3n) is 1.06. The van der Waals surface area contributed by atoms with Gasteiger partial charge in [-0.3, -0.25) is 0 Å². The zero-order valence-electron chi connectivity index (χ0n) is 5.67. The van der Waals surface area contributed by atoms with Crippen LogP contribution in [-0.2, 0) is 0 Å². The summed E-state index contributed by atoms with van der Waals surface area (Å²) in [6.45, 7) is 4.82. The van der Waals surface area contributed by atoms with E-state index in [2.05, 4.69) is 6.92 Å². The number of hydrogen-bond acceptors (Lipinski definition) is 2. The fraction of sp³-hybridized carbons (Fsp3) is 0.571. The highest BCUT2D eigenvalue weighted by molar-refractivity contribution is 4.90. The van der Waals surface area contributed by atoms with Gasteiger partial charge in [0.15, 0.2) is 0 Å². The van der Waals surface area contributed by atoms with Gasteiger partial charge in [0, 0.05) is 0 Å². The number of hydrogen-bond donors (Lipinski definition) is 2. The van der Waals surface area contributed by atoms with Crippen molar-refractivity contribution in [3.8, 4) is 0 Å². The Balaban J connectivity index is 3.58. The Hall–Kier alpha value is -0.340. The smallest absolute Gasteiger partial charge is 0.0883 e. The Kier molecular flexibility index (Phi) is 3.50. The first-order valence-electron chi connectivity index (χ1n) is 2.90. The van der Waals surface area contributed by atoms with Gasteiger partial charge in [0.1, 0.15) is 0 Å². The number of aliphatic hydroxyl groups excluding tert-OH is 1. The number of aliphatic hydroxyl groups is 2. The second kappa shape index (κ2) is 3.64. The molecule has 1 radical (unpaired) electrons. The largest absolute Gasteiger partial charge is 0.393 e. The van der Waals surface area contributed by atoms with E-state index >= 15 is 0 Å². The fourth-order valence-corrected chi connectivity index (χ4v) is 0.402. The van der Waals surface area contributed by atoms with Crippen molar-refractivity contribution in [2.24, 2.45) is 0 Å². The molecule has 0 bridgehead atoms. The van der Waals surface area contributed by atoms with Gasteiger partial charge >= 0.3 is 0 Å². The molecule has 0 saturated heterocycles. The standard InChI is InChI=1S/C7H13O2/c1-3-4-5-7(2,9)6-8/h3-4,8-9H,1,5-6H2,2H3. The normalized spacial score (nSPS) is 18.2. The molecule has 0 saturated carbocycles. The van der Waals surface area contributed by atoms with Gasteiger partial charge in [-0.2, -0.15) is 0 Å². The zero-order chi connectivity index (χ0) is 7.33. The third-order valence-corrected chi connectivity index (χ3v) is 1.06. The first kappa shape index (κ1) is 8.66. The lowest BCUT2D eigenvalue weighted by molar-refractivity contribution is 0.00452. The van der Waals surface area contributed by atoms with E-state index in [1.54, 1.807) is 19.1 Å². The van der Waals surface area contributed by atoms with Crippen LogP contribution in [0.2, 0.25) is 0 Å². The monoisotopic (exact) mass is 129 g/mol. The maximum Gasteiger partial charge on any atom is 0.0883 e. The van der Waals surface area contributed by atoms with E-state index in [-0.39, 0.29) is 6.61 Å². The topological polar surface area (TPSA) is 40.5 Å². The molecule has 0 amide bonds. The highest BCUT2D eigenvalue weighted by Crippen LogP contribution is 2.07. The van der Waals surface area contributed by atoms with Crippen LogP contribution in [0.3, 0.4) is 0 Å². The summed E-state index contributed by atoms with van der Waals surface area (Å²) >= 11 is 0. The number of rotatable bonds is 3. The minimum absolute atomic E-state index is 0.211. The predicted octanol–water partition coefficient (Wildman–Crippen LogP) is 0.510. The maximum absolute atomic E-state index is 9.13. The first-order chi connectivity index (χ1) is 4.12. The van der Waals surface area contributed by atoms with E-state index in [9.17, 15) is 0 Å². The molecule has 0 aliphatic carbocycles. The van der Waals surface area contributed by atoms with E-state index in [0.717, 1.165) is 0 Å². The summed E-state index contributed by atoms with van der Waals surface area (Å²) in [5.41, 5.74) is -0.978. The van der Waals surface area contributed by atoms with Crippen molar-refractivity contribution < 1.29 is 10.2 Å². The lowest BCUT2D eigenvalue weighted by Crippen LogP contribution is -2.27. The van der Waals surface area contributed by atoms with Crippen LogP contribution in [0, 0.1) is 6.92 Å². The van der Waals surface area contributed by atoms with Crippen molar-refractivity contribution in [3.63, 3.8) is 0 Å². The lowest BCUT2D eigenvalue weighted by Gasteiger charge is -2.16. The van der Waals surface area contributed by atoms with Crippen molar-refractivity contribution in [1.29, 1.82) is 0 Å². The second-order valence-corrected chi connectivity index (χ2v) is 2.33. The molecular formula is C7H13O2. The summed E-state index contributed by atoms with van der Waals surface area (Å²) in [5, 5.41) is 17.6. The van der Waals surface area contributed by atoms with Crippen LogP contribution in [0.25, 0.3) is 0 Å². The van der Waals surface area contributed by atoms with Gasteiger partial charge in [0.25, 0.3) is 0 Å². The quantitative estimate of drug-likeness (QED) is 0.583. The SMILES string of the molecule is [CH2]C=CCC(C)(O)CO. The lowest BCUT2D eigenvalue weighted by atomic mass is 10.0. The Morgan fingerprint density at radius 3 is 2.56 bits per heavy atom. The van der Waals surface area contributed by atoms with Crippen molar-refractivity contribution in [1.82, 2.24) is 0 Å². The van der Waals surface area contributed by atoms with Crippen LogP contribution < -0.4 is 0 Å². The van der Waals surface area contributed by atoms with Crippen LogP contribution in [-0.4, -0.2) is 22.4 Å². The minimum Gasteiger partial charge on any atom is -0.393 e. The van der Waals surface area contributed by atoms with Gasteiger partial charge in [0.2, 0.25) is 0 Å². The fourth-order valence-electron chi connectivity index (χ4n) is 0.402. The molecular weight excluding hydrogens is 116 g/mol. The second-order valence-electron chi connectivity index (χ2n) is 2.33. The van der Waals surface area contributed by atoms with Crippen molar-refractivity contribution >= 4 is 0 Å². The zero-order valence-corrected chi connectivity index (χ0v) is 5.67. The van der Waals surface area contributed by atoms with Gasteiger partial charge < -0.3 is 10.2 Å². The molecule has 0 aromatic carbocycles. The summed E-state index contributed by atoms with van der Waals surface area (Å²) in [6.07, 6.45) is 3.77. The number of allylic oxidation sites excluding steroid dienone is 1.